The van der Waals surface area contributed by atoms with Crippen LogP contribution in [0.2, 0.25) is 0 Å². The number of nitrogens with one attached hydrogen (secondary N) is 1. The van der Waals surface area contributed by atoms with Crippen molar-refractivity contribution in [3.05, 3.63) is 59.8 Å². The zero-order chi connectivity index (χ0) is 19.0. The number of ketones is 1. The lowest BCUT2D eigenvalue weighted by molar-refractivity contribution is -0.157. The summed E-state index contributed by atoms with van der Waals surface area (Å²) in [6.45, 7) is 3.44. The van der Waals surface area contributed by atoms with Crippen LogP contribution in [0.3, 0.4) is 0 Å². The van der Waals surface area contributed by atoms with Crippen LogP contribution in [-0.2, 0) is 9.53 Å². The summed E-state index contributed by atoms with van der Waals surface area (Å²) in [6.07, 6.45) is -1.84. The molecule has 1 aliphatic rings. The van der Waals surface area contributed by atoms with Crippen LogP contribution in [0.5, 0.6) is 11.5 Å². The lowest BCUT2D eigenvalue weighted by atomic mass is 10.0. The minimum absolute atomic E-state index is 0.0445. The van der Waals surface area contributed by atoms with E-state index in [0.29, 0.717) is 17.1 Å². The number of fused-ring (bicyclic) bond motifs is 2. The van der Waals surface area contributed by atoms with Crippen molar-refractivity contribution in [2.75, 3.05) is 6.61 Å². The summed E-state index contributed by atoms with van der Waals surface area (Å²) in [5.41, 5.74) is 2.16. The molecule has 0 bridgehead atoms. The van der Waals surface area contributed by atoms with Crippen molar-refractivity contribution in [3.63, 3.8) is 0 Å². The Balaban J connectivity index is 1.49. The van der Waals surface area contributed by atoms with Gasteiger partial charge in [0.05, 0.1) is 0 Å². The number of carbonyl (C=O) groups is 2. The van der Waals surface area contributed by atoms with Gasteiger partial charge in [0.2, 0.25) is 11.9 Å². The lowest BCUT2D eigenvalue weighted by Gasteiger charge is -2.25. The summed E-state index contributed by atoms with van der Waals surface area (Å²) >= 11 is 0. The molecular formula is C21H19NO5. The summed E-state index contributed by atoms with van der Waals surface area (Å²) in [6, 6.07) is 14.6. The van der Waals surface area contributed by atoms with Crippen LogP contribution in [0.1, 0.15) is 23.0 Å². The molecule has 1 aromatic heterocycles. The van der Waals surface area contributed by atoms with E-state index in [0.717, 1.165) is 16.6 Å². The number of ether oxygens (including phenoxy) is 3. The molecule has 0 fully saturated rings. The zero-order valence-corrected chi connectivity index (χ0v) is 15.0. The number of carbonyl (C=O) groups excluding carboxylic acids is 2. The van der Waals surface area contributed by atoms with Gasteiger partial charge < -0.3 is 19.2 Å². The highest BCUT2D eigenvalue weighted by molar-refractivity contribution is 6.11. The van der Waals surface area contributed by atoms with Gasteiger partial charge in [0.25, 0.3) is 0 Å². The van der Waals surface area contributed by atoms with Crippen molar-refractivity contribution in [2.24, 2.45) is 0 Å². The highest BCUT2D eigenvalue weighted by atomic mass is 16.6. The number of rotatable bonds is 4. The van der Waals surface area contributed by atoms with Crippen molar-refractivity contribution < 1.29 is 23.8 Å². The highest BCUT2D eigenvalue weighted by Crippen LogP contribution is 2.31. The lowest BCUT2D eigenvalue weighted by Crippen LogP contribution is -2.40. The van der Waals surface area contributed by atoms with Crippen LogP contribution >= 0.6 is 0 Å². The van der Waals surface area contributed by atoms with E-state index in [-0.39, 0.29) is 12.4 Å². The van der Waals surface area contributed by atoms with Gasteiger partial charge in [-0.15, -0.1) is 0 Å². The first-order valence-electron chi connectivity index (χ1n) is 8.75. The van der Waals surface area contributed by atoms with Crippen LogP contribution in [-0.4, -0.2) is 35.6 Å². The quantitative estimate of drug-likeness (QED) is 0.566. The first-order chi connectivity index (χ1) is 13.0. The molecular weight excluding hydrogens is 346 g/mol. The van der Waals surface area contributed by atoms with E-state index in [2.05, 4.69) is 4.98 Å². The number of aromatic nitrogens is 1. The van der Waals surface area contributed by atoms with Crippen LogP contribution in [0.4, 0.5) is 0 Å². The van der Waals surface area contributed by atoms with Gasteiger partial charge in [-0.05, 0) is 32.0 Å². The molecule has 0 unspecified atom stereocenters. The van der Waals surface area contributed by atoms with Crippen molar-refractivity contribution in [2.45, 2.75) is 26.1 Å². The van der Waals surface area contributed by atoms with Gasteiger partial charge in [0.15, 0.2) is 17.6 Å². The summed E-state index contributed by atoms with van der Waals surface area (Å²) < 4.78 is 16.6. The molecule has 0 amide bonds. The van der Waals surface area contributed by atoms with E-state index in [1.54, 1.807) is 25.1 Å². The molecule has 4 rings (SSSR count). The fraction of sp³-hybridized carbons (Fsp3) is 0.238. The van der Waals surface area contributed by atoms with Gasteiger partial charge in [0, 0.05) is 22.2 Å². The van der Waals surface area contributed by atoms with Gasteiger partial charge in [-0.3, -0.25) is 4.79 Å². The molecule has 2 heterocycles. The summed E-state index contributed by atoms with van der Waals surface area (Å²) in [7, 11) is 0. The predicted molar refractivity (Wildman–Crippen MR) is 99.3 cm³/mol. The van der Waals surface area contributed by atoms with Crippen molar-refractivity contribution in [1.29, 1.82) is 0 Å². The van der Waals surface area contributed by atoms with Gasteiger partial charge in [-0.2, -0.15) is 0 Å². The number of Topliss-reactive ketones (excluding diaryl/α,β-unsaturated/α-hetero) is 1. The number of benzene rings is 2. The maximum absolute atomic E-state index is 12.9. The average molecular weight is 365 g/mol. The summed E-state index contributed by atoms with van der Waals surface area (Å²) in [4.78, 5) is 28.5. The smallest absolute Gasteiger partial charge is 0.351 e. The molecule has 0 spiro atoms. The molecule has 6 nitrogen and oxygen atoms in total. The van der Waals surface area contributed by atoms with E-state index in [1.165, 1.54) is 0 Å². The number of esters is 1. The SMILES string of the molecule is Cc1[nH]c2ccccc2c1C(=O)[C@H](C)OC(=O)[C@H]1COc2ccccc2O1. The van der Waals surface area contributed by atoms with Crippen molar-refractivity contribution in [1.82, 2.24) is 4.98 Å². The third kappa shape index (κ3) is 3.14. The Morgan fingerprint density at radius 1 is 1.11 bits per heavy atom. The Kier molecular flexibility index (Phi) is 4.32. The Bertz CT molecular complexity index is 1020. The molecule has 27 heavy (non-hydrogen) atoms. The van der Waals surface area contributed by atoms with Crippen LogP contribution in [0.25, 0.3) is 10.9 Å². The number of hydrogen-bond acceptors (Lipinski definition) is 5. The molecule has 6 heteroatoms. The minimum Gasteiger partial charge on any atom is -0.485 e. The molecule has 138 valence electrons. The topological polar surface area (TPSA) is 77.6 Å². The van der Waals surface area contributed by atoms with Gasteiger partial charge in [-0.1, -0.05) is 30.3 Å². The van der Waals surface area contributed by atoms with Crippen LogP contribution in [0, 0.1) is 6.92 Å². The van der Waals surface area contributed by atoms with E-state index in [9.17, 15) is 9.59 Å². The molecule has 3 aromatic rings. The monoisotopic (exact) mass is 365 g/mol. The summed E-state index contributed by atoms with van der Waals surface area (Å²) in [5, 5.41) is 0.814. The van der Waals surface area contributed by atoms with Gasteiger partial charge >= 0.3 is 5.97 Å². The second kappa shape index (κ2) is 6.79. The predicted octanol–water partition coefficient (Wildman–Crippen LogP) is 3.43. The second-order valence-corrected chi connectivity index (χ2v) is 6.48. The van der Waals surface area contributed by atoms with Crippen molar-refractivity contribution >= 4 is 22.7 Å². The Hall–Kier alpha value is -3.28. The minimum atomic E-state index is -0.934. The van der Waals surface area contributed by atoms with Gasteiger partial charge in [-0.25, -0.2) is 4.79 Å². The third-order valence-corrected chi connectivity index (χ3v) is 4.57. The average Bonchev–Trinajstić information content (AvgIpc) is 3.02. The first-order valence-corrected chi connectivity index (χ1v) is 8.75. The highest BCUT2D eigenvalue weighted by Gasteiger charge is 2.32. The Labute approximate surface area is 156 Å². The molecule has 0 radical (unpaired) electrons. The first kappa shape index (κ1) is 17.1. The maximum atomic E-state index is 12.9. The maximum Gasteiger partial charge on any atom is 0.351 e. The molecule has 2 aromatic carbocycles. The van der Waals surface area contributed by atoms with Crippen LogP contribution in [0.15, 0.2) is 48.5 Å². The number of H-pyrrole nitrogens is 1. The molecule has 1 N–H and O–H groups in total. The molecule has 0 saturated heterocycles. The number of aryl methyl sites for hydroxylation is 1. The van der Waals surface area contributed by atoms with E-state index in [1.807, 2.05) is 37.3 Å². The van der Waals surface area contributed by atoms with Crippen molar-refractivity contribution in [3.8, 4) is 11.5 Å². The fourth-order valence-corrected chi connectivity index (χ4v) is 3.24. The van der Waals surface area contributed by atoms with Gasteiger partial charge in [0.1, 0.15) is 6.61 Å². The Morgan fingerprint density at radius 2 is 1.81 bits per heavy atom. The molecule has 2 atom stereocenters. The van der Waals surface area contributed by atoms with E-state index >= 15 is 0 Å². The standard InChI is InChI=1S/C21H19NO5/c1-12-19(14-7-3-4-8-15(14)22-12)20(23)13(2)26-21(24)18-11-25-16-9-5-6-10-17(16)27-18/h3-10,13,18,22H,11H2,1-2H3/t13-,18+/m0/s1. The largest absolute Gasteiger partial charge is 0.485 e. The fourth-order valence-electron chi connectivity index (χ4n) is 3.24. The zero-order valence-electron chi connectivity index (χ0n) is 15.0. The number of hydrogen-bond donors (Lipinski definition) is 1. The van der Waals surface area contributed by atoms with E-state index in [4.69, 9.17) is 14.2 Å². The number of aromatic amines is 1. The molecule has 0 aliphatic carbocycles. The molecule has 0 saturated carbocycles. The Morgan fingerprint density at radius 3 is 2.63 bits per heavy atom. The van der Waals surface area contributed by atoms with E-state index < -0.39 is 18.2 Å². The molecule has 1 aliphatic heterocycles. The number of para-hydroxylation sites is 3. The normalized spacial score (nSPS) is 16.7. The summed E-state index contributed by atoms with van der Waals surface area (Å²) in [5.74, 6) is 0.190. The second-order valence-electron chi connectivity index (χ2n) is 6.48. The third-order valence-electron chi connectivity index (χ3n) is 4.57. The van der Waals surface area contributed by atoms with Crippen LogP contribution < -0.4 is 9.47 Å².